The highest BCUT2D eigenvalue weighted by atomic mass is 15.1. The standard InChI is InChI=1S/C12H23N2/c1-6-7-8-14-10-13(5)9-11(14)12(2,3)4/h9-10H,6-8H2,1-5H3/q+1. The van der Waals surface area contributed by atoms with Crippen molar-refractivity contribution in [1.29, 1.82) is 0 Å². The minimum atomic E-state index is 0.245. The number of hydrogen-bond donors (Lipinski definition) is 0. The zero-order valence-corrected chi connectivity index (χ0v) is 10.2. The maximum atomic E-state index is 2.38. The number of rotatable bonds is 3. The van der Waals surface area contributed by atoms with Gasteiger partial charge in [0.15, 0.2) is 0 Å². The number of unbranched alkanes of at least 4 members (excludes halogenated alkanes) is 1. The molecule has 0 unspecified atom stereocenters. The van der Waals surface area contributed by atoms with Gasteiger partial charge < -0.3 is 0 Å². The molecule has 0 saturated carbocycles. The lowest BCUT2D eigenvalue weighted by Crippen LogP contribution is -2.24. The van der Waals surface area contributed by atoms with Gasteiger partial charge in [-0.05, 0) is 6.42 Å². The van der Waals surface area contributed by atoms with Crippen LogP contribution in [0.25, 0.3) is 0 Å². The first-order chi connectivity index (χ1) is 6.45. The SMILES string of the molecule is CCCCn1c[n+](C)cc1C(C)(C)C. The second kappa shape index (κ2) is 4.16. The molecule has 2 nitrogen and oxygen atoms in total. The Kier molecular flexibility index (Phi) is 3.35. The van der Waals surface area contributed by atoms with Gasteiger partial charge in [-0.3, -0.25) is 0 Å². The van der Waals surface area contributed by atoms with Gasteiger partial charge in [0.05, 0.1) is 13.6 Å². The average Bonchev–Trinajstić information content (AvgIpc) is 2.42. The Labute approximate surface area is 87.6 Å². The maximum absolute atomic E-state index is 2.38. The van der Waals surface area contributed by atoms with Crippen molar-refractivity contribution in [2.75, 3.05) is 0 Å². The summed E-state index contributed by atoms with van der Waals surface area (Å²) in [4.78, 5) is 0. The minimum absolute atomic E-state index is 0.245. The van der Waals surface area contributed by atoms with Crippen molar-refractivity contribution in [2.45, 2.75) is 52.5 Å². The molecular formula is C12H23N2+. The van der Waals surface area contributed by atoms with Crippen LogP contribution in [0.1, 0.15) is 46.2 Å². The third kappa shape index (κ3) is 2.60. The highest BCUT2D eigenvalue weighted by molar-refractivity contribution is 5.07. The molecule has 0 amide bonds. The lowest BCUT2D eigenvalue weighted by Gasteiger charge is -2.15. The van der Waals surface area contributed by atoms with E-state index >= 15 is 0 Å². The summed E-state index contributed by atoms with van der Waals surface area (Å²) in [5, 5.41) is 0. The molecule has 1 rings (SSSR count). The Bertz CT molecular complexity index is 292. The van der Waals surface area contributed by atoms with Crippen molar-refractivity contribution >= 4 is 0 Å². The van der Waals surface area contributed by atoms with Crippen molar-refractivity contribution in [3.05, 3.63) is 18.2 Å². The fourth-order valence-corrected chi connectivity index (χ4v) is 1.71. The van der Waals surface area contributed by atoms with Gasteiger partial charge in [-0.1, -0.05) is 34.1 Å². The fraction of sp³-hybridized carbons (Fsp3) is 0.750. The van der Waals surface area contributed by atoms with E-state index in [2.05, 4.69) is 56.4 Å². The summed E-state index contributed by atoms with van der Waals surface area (Å²) in [5.41, 5.74) is 1.67. The number of nitrogens with zero attached hydrogens (tertiary/aromatic N) is 2. The molecule has 0 fully saturated rings. The Hall–Kier alpha value is -0.790. The normalized spacial score (nSPS) is 12.1. The zero-order chi connectivity index (χ0) is 10.8. The molecule has 0 aliphatic rings. The molecule has 0 bridgehead atoms. The molecular weight excluding hydrogens is 172 g/mol. The Balaban J connectivity index is 2.91. The van der Waals surface area contributed by atoms with Gasteiger partial charge in [-0.2, -0.15) is 0 Å². The minimum Gasteiger partial charge on any atom is -0.239 e. The first-order valence-electron chi connectivity index (χ1n) is 5.51. The van der Waals surface area contributed by atoms with Crippen LogP contribution in [0.15, 0.2) is 12.5 Å². The second-order valence-electron chi connectivity index (χ2n) is 5.09. The molecule has 0 aliphatic heterocycles. The quantitative estimate of drug-likeness (QED) is 0.655. The van der Waals surface area contributed by atoms with Crippen LogP contribution in [0.2, 0.25) is 0 Å². The lowest BCUT2D eigenvalue weighted by atomic mass is 9.92. The van der Waals surface area contributed by atoms with E-state index in [-0.39, 0.29) is 5.41 Å². The molecule has 14 heavy (non-hydrogen) atoms. The van der Waals surface area contributed by atoms with Crippen molar-refractivity contribution in [3.8, 4) is 0 Å². The van der Waals surface area contributed by atoms with Crippen LogP contribution in [0, 0.1) is 0 Å². The van der Waals surface area contributed by atoms with E-state index < -0.39 is 0 Å². The molecule has 0 saturated heterocycles. The molecule has 1 aromatic rings. The number of imidazole rings is 1. The topological polar surface area (TPSA) is 8.81 Å². The van der Waals surface area contributed by atoms with Crippen molar-refractivity contribution < 1.29 is 4.57 Å². The molecule has 1 aromatic heterocycles. The van der Waals surface area contributed by atoms with Crippen LogP contribution in [0.3, 0.4) is 0 Å². The summed E-state index contributed by atoms with van der Waals surface area (Å²) in [5.74, 6) is 0. The van der Waals surface area contributed by atoms with Crippen molar-refractivity contribution in [2.24, 2.45) is 7.05 Å². The summed E-state index contributed by atoms with van der Waals surface area (Å²) >= 11 is 0. The third-order valence-electron chi connectivity index (χ3n) is 2.48. The number of hydrogen-bond acceptors (Lipinski definition) is 0. The van der Waals surface area contributed by atoms with Gasteiger partial charge in [-0.15, -0.1) is 0 Å². The molecule has 2 heteroatoms. The molecule has 0 atom stereocenters. The molecule has 0 radical (unpaired) electrons. The summed E-state index contributed by atoms with van der Waals surface area (Å²) in [7, 11) is 2.09. The van der Waals surface area contributed by atoms with E-state index in [4.69, 9.17) is 0 Å². The molecule has 80 valence electrons. The van der Waals surface area contributed by atoms with Gasteiger partial charge >= 0.3 is 0 Å². The maximum Gasteiger partial charge on any atom is 0.243 e. The molecule has 1 heterocycles. The highest BCUT2D eigenvalue weighted by Gasteiger charge is 2.24. The van der Waals surface area contributed by atoms with Crippen LogP contribution in [-0.2, 0) is 19.0 Å². The molecule has 0 aromatic carbocycles. The van der Waals surface area contributed by atoms with Crippen LogP contribution < -0.4 is 4.57 Å². The number of aryl methyl sites for hydroxylation is 2. The molecule has 0 N–H and O–H groups in total. The van der Waals surface area contributed by atoms with Crippen LogP contribution in [0.4, 0.5) is 0 Å². The second-order valence-corrected chi connectivity index (χ2v) is 5.09. The first kappa shape index (κ1) is 11.3. The first-order valence-corrected chi connectivity index (χ1v) is 5.51. The highest BCUT2D eigenvalue weighted by Crippen LogP contribution is 2.21. The summed E-state index contributed by atoms with van der Waals surface area (Å²) in [6, 6.07) is 0. The van der Waals surface area contributed by atoms with Gasteiger partial charge in [0.1, 0.15) is 11.9 Å². The van der Waals surface area contributed by atoms with E-state index in [0.717, 1.165) is 6.54 Å². The predicted octanol–water partition coefficient (Wildman–Crippen LogP) is 2.41. The van der Waals surface area contributed by atoms with Gasteiger partial charge in [0, 0.05) is 5.41 Å². The van der Waals surface area contributed by atoms with Crippen LogP contribution >= 0.6 is 0 Å². The summed E-state index contributed by atoms with van der Waals surface area (Å²) in [6.07, 6.45) is 6.94. The smallest absolute Gasteiger partial charge is 0.239 e. The van der Waals surface area contributed by atoms with Gasteiger partial charge in [0.2, 0.25) is 6.33 Å². The Morgan fingerprint density at radius 1 is 1.36 bits per heavy atom. The van der Waals surface area contributed by atoms with E-state index in [1.54, 1.807) is 0 Å². The third-order valence-corrected chi connectivity index (χ3v) is 2.48. The number of aromatic nitrogens is 2. The molecule has 0 spiro atoms. The van der Waals surface area contributed by atoms with E-state index in [1.807, 2.05) is 0 Å². The predicted molar refractivity (Wildman–Crippen MR) is 59.2 cm³/mol. The van der Waals surface area contributed by atoms with Gasteiger partial charge in [-0.25, -0.2) is 9.13 Å². The van der Waals surface area contributed by atoms with Crippen molar-refractivity contribution in [3.63, 3.8) is 0 Å². The van der Waals surface area contributed by atoms with Crippen LogP contribution in [-0.4, -0.2) is 4.57 Å². The monoisotopic (exact) mass is 195 g/mol. The van der Waals surface area contributed by atoms with Crippen LogP contribution in [0.5, 0.6) is 0 Å². The molecule has 0 aliphatic carbocycles. The Morgan fingerprint density at radius 3 is 2.50 bits per heavy atom. The summed E-state index contributed by atoms with van der Waals surface area (Å²) < 4.78 is 4.53. The van der Waals surface area contributed by atoms with Gasteiger partial charge in [0.25, 0.3) is 0 Å². The average molecular weight is 195 g/mol. The lowest BCUT2D eigenvalue weighted by molar-refractivity contribution is -0.671. The van der Waals surface area contributed by atoms with E-state index in [1.165, 1.54) is 18.5 Å². The van der Waals surface area contributed by atoms with Crippen molar-refractivity contribution in [1.82, 2.24) is 4.57 Å². The Morgan fingerprint density at radius 2 is 2.00 bits per heavy atom. The summed E-state index contributed by atoms with van der Waals surface area (Å²) in [6.45, 7) is 10.2. The van der Waals surface area contributed by atoms with E-state index in [0.29, 0.717) is 0 Å². The fourth-order valence-electron chi connectivity index (χ4n) is 1.71. The van der Waals surface area contributed by atoms with E-state index in [9.17, 15) is 0 Å². The zero-order valence-electron chi connectivity index (χ0n) is 10.2. The largest absolute Gasteiger partial charge is 0.243 e.